The zero-order valence-electron chi connectivity index (χ0n) is 11.4. The fraction of sp³-hybridized carbons (Fsp3) is 0.500. The molecule has 0 heterocycles. The molecule has 0 radical (unpaired) electrons. The third-order valence-electron chi connectivity index (χ3n) is 1.11. The van der Waals surface area contributed by atoms with E-state index in [1.807, 2.05) is 0 Å². The van der Waals surface area contributed by atoms with Crippen molar-refractivity contribution in [3.05, 3.63) is 24.3 Å². The van der Waals surface area contributed by atoms with Crippen LogP contribution in [-0.2, 0) is 4.79 Å². The molecule has 0 saturated heterocycles. The summed E-state index contributed by atoms with van der Waals surface area (Å²) in [5, 5.41) is 0. The first kappa shape index (κ1) is 4.24. The summed E-state index contributed by atoms with van der Waals surface area (Å²) < 4.78 is 35.7. The van der Waals surface area contributed by atoms with E-state index in [1.165, 1.54) is 6.08 Å². The van der Waals surface area contributed by atoms with Crippen molar-refractivity contribution in [2.45, 2.75) is 32.5 Å². The molecule has 0 aromatic heterocycles. The minimum atomic E-state index is -2.56. The summed E-state index contributed by atoms with van der Waals surface area (Å²) in [6, 6.07) is 0. The predicted molar refractivity (Wildman–Crippen MR) is 48.5 cm³/mol. The lowest BCUT2D eigenvalue weighted by Gasteiger charge is -1.89. The standard InChI is InChI=1S/C10H16O/c1-2-3-4-5-6-7-8-9-10-11/h6-10H,2-5H2,1H3/b7-6+,9-8+/i1D3,2D2. The van der Waals surface area contributed by atoms with Crippen molar-refractivity contribution in [1.82, 2.24) is 0 Å². The molecular formula is C10H16O. The van der Waals surface area contributed by atoms with E-state index in [2.05, 4.69) is 0 Å². The van der Waals surface area contributed by atoms with Crippen LogP contribution in [0.5, 0.6) is 0 Å². The van der Waals surface area contributed by atoms with Gasteiger partial charge in [0.1, 0.15) is 6.29 Å². The number of allylic oxidation sites excluding steroid dienone is 4. The van der Waals surface area contributed by atoms with Crippen molar-refractivity contribution in [1.29, 1.82) is 0 Å². The van der Waals surface area contributed by atoms with Crippen molar-refractivity contribution in [2.24, 2.45) is 0 Å². The summed E-state index contributed by atoms with van der Waals surface area (Å²) in [4.78, 5) is 9.90. The van der Waals surface area contributed by atoms with Gasteiger partial charge in [-0.25, -0.2) is 0 Å². The Bertz CT molecular complexity index is 265. The zero-order valence-corrected chi connectivity index (χ0v) is 6.42. The number of rotatable bonds is 6. The van der Waals surface area contributed by atoms with Crippen LogP contribution in [0.1, 0.15) is 39.3 Å². The summed E-state index contributed by atoms with van der Waals surface area (Å²) in [5.74, 6) is 0. The van der Waals surface area contributed by atoms with Crippen LogP contribution in [0.4, 0.5) is 0 Å². The molecule has 1 nitrogen and oxygen atoms in total. The lowest BCUT2D eigenvalue weighted by Crippen LogP contribution is -1.69. The maximum atomic E-state index is 9.90. The Morgan fingerprint density at radius 2 is 2.27 bits per heavy atom. The Hall–Kier alpha value is -0.850. The minimum Gasteiger partial charge on any atom is -0.299 e. The van der Waals surface area contributed by atoms with E-state index >= 15 is 0 Å². The molecule has 0 aliphatic carbocycles. The molecule has 0 saturated carbocycles. The Kier molecular flexibility index (Phi) is 3.53. The van der Waals surface area contributed by atoms with Crippen LogP contribution in [0.3, 0.4) is 0 Å². The van der Waals surface area contributed by atoms with Gasteiger partial charge in [-0.2, -0.15) is 0 Å². The molecule has 0 aliphatic heterocycles. The quantitative estimate of drug-likeness (QED) is 0.251. The first-order valence-corrected chi connectivity index (χ1v) is 3.58. The Morgan fingerprint density at radius 1 is 1.36 bits per heavy atom. The summed E-state index contributed by atoms with van der Waals surface area (Å²) in [6.07, 6.45) is 5.98. The van der Waals surface area contributed by atoms with E-state index in [-0.39, 0.29) is 6.42 Å². The highest BCUT2D eigenvalue weighted by atomic mass is 16.1. The number of unbranched alkanes of at least 4 members (excludes halogenated alkanes) is 1. The summed E-state index contributed by atoms with van der Waals surface area (Å²) in [7, 11) is 0. The van der Waals surface area contributed by atoms with Crippen LogP contribution in [0.15, 0.2) is 24.3 Å². The SMILES string of the molecule is [2H]C([2H])([2H])C([2H])([2H])CCC/C=C/C=C/C=O. The van der Waals surface area contributed by atoms with Crippen molar-refractivity contribution in [3.8, 4) is 0 Å². The molecule has 0 fully saturated rings. The van der Waals surface area contributed by atoms with Gasteiger partial charge in [-0.1, -0.05) is 37.9 Å². The molecule has 11 heavy (non-hydrogen) atoms. The number of hydrogen-bond acceptors (Lipinski definition) is 1. The van der Waals surface area contributed by atoms with Gasteiger partial charge in [-0.3, -0.25) is 4.79 Å². The molecule has 0 rings (SSSR count). The molecule has 0 aromatic carbocycles. The van der Waals surface area contributed by atoms with Crippen LogP contribution in [-0.4, -0.2) is 6.29 Å². The Labute approximate surface area is 75.8 Å². The normalized spacial score (nSPS) is 20.5. The number of carbonyl (C=O) groups is 1. The van der Waals surface area contributed by atoms with Gasteiger partial charge in [-0.15, -0.1) is 0 Å². The zero-order chi connectivity index (χ0) is 12.7. The van der Waals surface area contributed by atoms with Gasteiger partial charge in [0.25, 0.3) is 0 Å². The van der Waals surface area contributed by atoms with E-state index in [0.717, 1.165) is 0 Å². The van der Waals surface area contributed by atoms with Crippen LogP contribution in [0.25, 0.3) is 0 Å². The third-order valence-corrected chi connectivity index (χ3v) is 1.11. The lowest BCUT2D eigenvalue weighted by atomic mass is 10.2. The van der Waals surface area contributed by atoms with Gasteiger partial charge < -0.3 is 0 Å². The van der Waals surface area contributed by atoms with Gasteiger partial charge >= 0.3 is 0 Å². The smallest absolute Gasteiger partial charge is 0.142 e. The highest BCUT2D eigenvalue weighted by Gasteiger charge is 1.79. The first-order chi connectivity index (χ1) is 7.31. The Balaban J connectivity index is 3.87. The summed E-state index contributed by atoms with van der Waals surface area (Å²) in [5.41, 5.74) is 0. The second-order valence-corrected chi connectivity index (χ2v) is 2.02. The van der Waals surface area contributed by atoms with Crippen molar-refractivity contribution in [2.75, 3.05) is 0 Å². The van der Waals surface area contributed by atoms with Crippen molar-refractivity contribution in [3.63, 3.8) is 0 Å². The molecule has 62 valence electrons. The summed E-state index contributed by atoms with van der Waals surface area (Å²) >= 11 is 0. The third kappa shape index (κ3) is 9.15. The fourth-order valence-electron chi connectivity index (χ4n) is 0.593. The van der Waals surface area contributed by atoms with E-state index < -0.39 is 13.2 Å². The van der Waals surface area contributed by atoms with E-state index in [1.54, 1.807) is 18.2 Å². The highest BCUT2D eigenvalue weighted by molar-refractivity contribution is 5.65. The lowest BCUT2D eigenvalue weighted by molar-refractivity contribution is -0.104. The predicted octanol–water partition coefficient (Wildman–Crippen LogP) is 2.88. The molecule has 1 heteroatoms. The van der Waals surface area contributed by atoms with Crippen molar-refractivity contribution >= 4 is 6.29 Å². The van der Waals surface area contributed by atoms with Gasteiger partial charge in [0.2, 0.25) is 0 Å². The number of carbonyl (C=O) groups excluding carboxylic acids is 1. The monoisotopic (exact) mass is 157 g/mol. The molecule has 0 bridgehead atoms. The maximum Gasteiger partial charge on any atom is 0.142 e. The van der Waals surface area contributed by atoms with Crippen LogP contribution in [0.2, 0.25) is 0 Å². The van der Waals surface area contributed by atoms with Gasteiger partial charge in [0.15, 0.2) is 0 Å². The molecule has 0 amide bonds. The molecule has 0 spiro atoms. The van der Waals surface area contributed by atoms with Gasteiger partial charge in [0.05, 0.1) is 0 Å². The molecular weight excluding hydrogens is 136 g/mol. The van der Waals surface area contributed by atoms with E-state index in [0.29, 0.717) is 19.1 Å². The first-order valence-electron chi connectivity index (χ1n) is 6.08. The van der Waals surface area contributed by atoms with Crippen LogP contribution in [0, 0.1) is 0 Å². The van der Waals surface area contributed by atoms with Gasteiger partial charge in [0, 0.05) is 6.85 Å². The topological polar surface area (TPSA) is 17.1 Å². The van der Waals surface area contributed by atoms with Crippen molar-refractivity contribution < 1.29 is 11.6 Å². The van der Waals surface area contributed by atoms with Crippen LogP contribution < -0.4 is 0 Å². The number of hydrogen-bond donors (Lipinski definition) is 0. The second-order valence-electron chi connectivity index (χ2n) is 2.02. The average molecular weight is 157 g/mol. The van der Waals surface area contributed by atoms with E-state index in [9.17, 15) is 4.79 Å². The largest absolute Gasteiger partial charge is 0.299 e. The van der Waals surface area contributed by atoms with Crippen LogP contribution >= 0.6 is 0 Å². The molecule has 0 aliphatic rings. The maximum absolute atomic E-state index is 9.90. The average Bonchev–Trinajstić information content (AvgIpc) is 2.14. The highest BCUT2D eigenvalue weighted by Crippen LogP contribution is 1.99. The minimum absolute atomic E-state index is 0.00519. The molecule has 0 atom stereocenters. The molecule has 0 aromatic rings. The fourth-order valence-corrected chi connectivity index (χ4v) is 0.593. The molecule has 0 unspecified atom stereocenters. The summed E-state index contributed by atoms with van der Waals surface area (Å²) in [6.45, 7) is -2.56. The Morgan fingerprint density at radius 3 is 3.00 bits per heavy atom. The molecule has 0 N–H and O–H groups in total. The number of aldehydes is 1. The second kappa shape index (κ2) is 9.15. The van der Waals surface area contributed by atoms with Gasteiger partial charge in [-0.05, 0) is 18.9 Å². The van der Waals surface area contributed by atoms with E-state index in [4.69, 9.17) is 6.85 Å².